The van der Waals surface area contributed by atoms with Gasteiger partial charge >= 0.3 is 0 Å². The van der Waals surface area contributed by atoms with Crippen LogP contribution in [0.3, 0.4) is 0 Å². The van der Waals surface area contributed by atoms with Crippen LogP contribution in [0.2, 0.25) is 0 Å². The zero-order valence-electron chi connectivity index (χ0n) is 11.9. The van der Waals surface area contributed by atoms with Gasteiger partial charge in [0.15, 0.2) is 0 Å². The van der Waals surface area contributed by atoms with Gasteiger partial charge in [0, 0.05) is 5.92 Å². The van der Waals surface area contributed by atoms with Crippen LogP contribution in [0.15, 0.2) is 42.5 Å². The van der Waals surface area contributed by atoms with Crippen molar-refractivity contribution in [1.29, 1.82) is 0 Å². The minimum absolute atomic E-state index is 0.279. The van der Waals surface area contributed by atoms with Gasteiger partial charge in [0.05, 0.1) is 0 Å². The van der Waals surface area contributed by atoms with E-state index in [4.69, 9.17) is 0 Å². The summed E-state index contributed by atoms with van der Waals surface area (Å²) in [4.78, 5) is 0. The summed E-state index contributed by atoms with van der Waals surface area (Å²) in [5.41, 5.74) is 3.75. The molecule has 0 aliphatic heterocycles. The number of phenols is 2. The van der Waals surface area contributed by atoms with Gasteiger partial charge in [-0.2, -0.15) is 0 Å². The van der Waals surface area contributed by atoms with Crippen LogP contribution in [-0.4, -0.2) is 10.2 Å². The van der Waals surface area contributed by atoms with Crippen molar-refractivity contribution in [1.82, 2.24) is 0 Å². The largest absolute Gasteiger partial charge is 0.508 e. The van der Waals surface area contributed by atoms with E-state index in [2.05, 4.69) is 13.8 Å². The van der Waals surface area contributed by atoms with E-state index < -0.39 is 0 Å². The van der Waals surface area contributed by atoms with Crippen molar-refractivity contribution in [3.63, 3.8) is 0 Å². The number of benzene rings is 2. The molecule has 0 heterocycles. The van der Waals surface area contributed by atoms with Crippen molar-refractivity contribution < 1.29 is 10.2 Å². The topological polar surface area (TPSA) is 40.5 Å². The van der Waals surface area contributed by atoms with E-state index in [1.54, 1.807) is 18.2 Å². The summed E-state index contributed by atoms with van der Waals surface area (Å²) in [5, 5.41) is 19.3. The number of rotatable bonds is 1. The predicted molar refractivity (Wildman–Crippen MR) is 80.1 cm³/mol. The first-order valence-corrected chi connectivity index (χ1v) is 7.17. The van der Waals surface area contributed by atoms with Gasteiger partial charge in [-0.3, -0.25) is 0 Å². The third kappa shape index (κ3) is 2.15. The zero-order chi connectivity index (χ0) is 14.3. The molecule has 104 valence electrons. The lowest BCUT2D eigenvalue weighted by atomic mass is 9.68. The number of hydrogen-bond donors (Lipinski definition) is 2. The Morgan fingerprint density at radius 3 is 2.25 bits per heavy atom. The molecule has 1 aliphatic rings. The maximum absolute atomic E-state index is 9.81. The van der Waals surface area contributed by atoms with Crippen LogP contribution >= 0.6 is 0 Å². The summed E-state index contributed by atoms with van der Waals surface area (Å²) in [6.07, 6.45) is 1.06. The highest BCUT2D eigenvalue weighted by Gasteiger charge is 2.32. The van der Waals surface area contributed by atoms with Crippen molar-refractivity contribution in [3.05, 3.63) is 59.2 Å². The number of phenolic OH excluding ortho intramolecular Hbond substituents is 2. The molecule has 3 rings (SSSR count). The molecule has 2 nitrogen and oxygen atoms in total. The first-order valence-electron chi connectivity index (χ1n) is 7.17. The van der Waals surface area contributed by atoms with Crippen molar-refractivity contribution in [2.75, 3.05) is 0 Å². The van der Waals surface area contributed by atoms with Gasteiger partial charge in [-0.25, -0.2) is 0 Å². The molecule has 1 aliphatic carbocycles. The number of fused-ring (bicyclic) bond motifs is 1. The van der Waals surface area contributed by atoms with E-state index in [9.17, 15) is 10.2 Å². The van der Waals surface area contributed by atoms with Gasteiger partial charge in [0.25, 0.3) is 0 Å². The molecule has 20 heavy (non-hydrogen) atoms. The molecule has 0 unspecified atom stereocenters. The number of hydrogen-bond acceptors (Lipinski definition) is 2. The first-order chi connectivity index (χ1) is 9.56. The minimum atomic E-state index is 0.279. The fourth-order valence-electron chi connectivity index (χ4n) is 3.37. The van der Waals surface area contributed by atoms with Gasteiger partial charge in [0.1, 0.15) is 11.5 Å². The Hall–Kier alpha value is -1.96. The molecule has 0 radical (unpaired) electrons. The maximum Gasteiger partial charge on any atom is 0.115 e. The number of aromatic hydroxyl groups is 2. The summed E-state index contributed by atoms with van der Waals surface area (Å²) < 4.78 is 0. The van der Waals surface area contributed by atoms with Crippen LogP contribution in [0.5, 0.6) is 11.5 Å². The normalized spacial score (nSPS) is 25.2. The molecule has 2 aromatic carbocycles. The summed E-state index contributed by atoms with van der Waals surface area (Å²) in [7, 11) is 0. The van der Waals surface area contributed by atoms with Crippen LogP contribution in [0.25, 0.3) is 0 Å². The van der Waals surface area contributed by atoms with E-state index in [-0.39, 0.29) is 5.92 Å². The Labute approximate surface area is 119 Å². The quantitative estimate of drug-likeness (QED) is 0.819. The average molecular weight is 268 g/mol. The Bertz CT molecular complexity index is 616. The van der Waals surface area contributed by atoms with Crippen LogP contribution in [0.1, 0.15) is 36.5 Å². The second-order valence-electron chi connectivity index (χ2n) is 5.99. The third-order valence-electron chi connectivity index (χ3n) is 4.68. The highest BCUT2D eigenvalue weighted by Crippen LogP contribution is 2.44. The average Bonchev–Trinajstić information content (AvgIpc) is 2.42. The lowest BCUT2D eigenvalue weighted by molar-refractivity contribution is 0.325. The lowest BCUT2D eigenvalue weighted by Gasteiger charge is -2.36. The monoisotopic (exact) mass is 268 g/mol. The summed E-state index contributed by atoms with van der Waals surface area (Å²) in [6, 6.07) is 13.2. The Morgan fingerprint density at radius 2 is 1.55 bits per heavy atom. The van der Waals surface area contributed by atoms with Crippen molar-refractivity contribution in [2.24, 2.45) is 11.8 Å². The Kier molecular flexibility index (Phi) is 3.17. The minimum Gasteiger partial charge on any atom is -0.508 e. The van der Waals surface area contributed by atoms with Gasteiger partial charge in [-0.15, -0.1) is 0 Å². The molecule has 2 heteroatoms. The summed E-state index contributed by atoms with van der Waals surface area (Å²) >= 11 is 0. The van der Waals surface area contributed by atoms with Crippen LogP contribution in [0, 0.1) is 11.8 Å². The van der Waals surface area contributed by atoms with Crippen LogP contribution < -0.4 is 0 Å². The van der Waals surface area contributed by atoms with E-state index in [0.717, 1.165) is 6.42 Å². The van der Waals surface area contributed by atoms with Crippen molar-refractivity contribution in [3.8, 4) is 11.5 Å². The molecule has 0 saturated carbocycles. The molecule has 2 N–H and O–H groups in total. The summed E-state index contributed by atoms with van der Waals surface area (Å²) in [5.74, 6) is 2.01. The van der Waals surface area contributed by atoms with Gasteiger partial charge in [0.2, 0.25) is 0 Å². The summed E-state index contributed by atoms with van der Waals surface area (Å²) in [6.45, 7) is 4.56. The molecule has 0 bridgehead atoms. The molecule has 0 spiro atoms. The van der Waals surface area contributed by atoms with Gasteiger partial charge < -0.3 is 10.2 Å². The molecular formula is C18H20O2. The smallest absolute Gasteiger partial charge is 0.115 e. The molecule has 0 amide bonds. The standard InChI is InChI=1S/C18H20O2/c1-11-9-14-5-8-16(20)10-17(14)18(12(11)2)13-3-6-15(19)7-4-13/h3-8,10-12,18-20H,9H2,1-2H3/t11-,12+,18+/m1/s1. The lowest BCUT2D eigenvalue weighted by Crippen LogP contribution is -2.26. The molecule has 2 aromatic rings. The highest BCUT2D eigenvalue weighted by atomic mass is 16.3. The van der Waals surface area contributed by atoms with Crippen LogP contribution in [0.4, 0.5) is 0 Å². The van der Waals surface area contributed by atoms with Gasteiger partial charge in [-0.05, 0) is 59.2 Å². The highest BCUT2D eigenvalue weighted by molar-refractivity contribution is 5.45. The zero-order valence-corrected chi connectivity index (χ0v) is 11.9. The Morgan fingerprint density at radius 1 is 0.900 bits per heavy atom. The second kappa shape index (κ2) is 4.86. The fraction of sp³-hybridized carbons (Fsp3) is 0.333. The van der Waals surface area contributed by atoms with E-state index in [1.807, 2.05) is 24.3 Å². The van der Waals surface area contributed by atoms with Crippen LogP contribution in [-0.2, 0) is 6.42 Å². The van der Waals surface area contributed by atoms with E-state index in [0.29, 0.717) is 23.3 Å². The van der Waals surface area contributed by atoms with E-state index in [1.165, 1.54) is 16.7 Å². The van der Waals surface area contributed by atoms with Crippen molar-refractivity contribution >= 4 is 0 Å². The van der Waals surface area contributed by atoms with Crippen molar-refractivity contribution in [2.45, 2.75) is 26.2 Å². The second-order valence-corrected chi connectivity index (χ2v) is 5.99. The third-order valence-corrected chi connectivity index (χ3v) is 4.68. The molecule has 0 saturated heterocycles. The molecule has 0 fully saturated rings. The first kappa shape index (κ1) is 13.0. The maximum atomic E-state index is 9.81. The SMILES string of the molecule is C[C@@H]1[C@@H](c2ccc(O)cc2)c2cc(O)ccc2C[C@H]1C. The Balaban J connectivity index is 2.13. The van der Waals surface area contributed by atoms with Gasteiger partial charge in [-0.1, -0.05) is 32.0 Å². The fourth-order valence-corrected chi connectivity index (χ4v) is 3.37. The molecule has 0 aromatic heterocycles. The molecular weight excluding hydrogens is 248 g/mol. The molecule has 3 atom stereocenters. The predicted octanol–water partition coefficient (Wildman–Crippen LogP) is 4.06. The van der Waals surface area contributed by atoms with E-state index >= 15 is 0 Å².